The molecule has 0 heterocycles. The van der Waals surface area contributed by atoms with Gasteiger partial charge in [-0.3, -0.25) is 9.59 Å². The van der Waals surface area contributed by atoms with Crippen LogP contribution in [0.2, 0.25) is 0 Å². The lowest BCUT2D eigenvalue weighted by molar-refractivity contribution is -0.145. The third-order valence-electron chi connectivity index (χ3n) is 4.14. The van der Waals surface area contributed by atoms with Crippen molar-refractivity contribution < 1.29 is 19.1 Å². The highest BCUT2D eigenvalue weighted by Crippen LogP contribution is 2.26. The number of ether oxygens (including phenoxy) is 2. The van der Waals surface area contributed by atoms with Gasteiger partial charge in [-0.25, -0.2) is 0 Å². The van der Waals surface area contributed by atoms with Crippen LogP contribution in [0.5, 0.6) is 0 Å². The number of carbonyl (C=O) groups is 2. The van der Waals surface area contributed by atoms with Crippen LogP contribution in [0.3, 0.4) is 0 Å². The molecule has 1 amide bonds. The SMILES string of the molecule is CCC(C)(CCOC(C)CCC(=O)OCC(C)C)C(=O)NC(C)C. The first-order valence-corrected chi connectivity index (χ1v) is 9.19. The van der Waals surface area contributed by atoms with Crippen molar-refractivity contribution in [1.29, 1.82) is 0 Å². The van der Waals surface area contributed by atoms with E-state index in [0.717, 1.165) is 6.42 Å². The highest BCUT2D eigenvalue weighted by molar-refractivity contribution is 5.82. The van der Waals surface area contributed by atoms with E-state index in [-0.39, 0.29) is 24.0 Å². The third kappa shape index (κ3) is 9.91. The van der Waals surface area contributed by atoms with Crippen LogP contribution in [0.15, 0.2) is 0 Å². The van der Waals surface area contributed by atoms with Gasteiger partial charge in [-0.05, 0) is 46.0 Å². The Hall–Kier alpha value is -1.10. The monoisotopic (exact) mass is 343 g/mol. The van der Waals surface area contributed by atoms with Gasteiger partial charge in [-0.1, -0.05) is 27.7 Å². The molecule has 0 radical (unpaired) electrons. The zero-order valence-electron chi connectivity index (χ0n) is 16.6. The van der Waals surface area contributed by atoms with Crippen LogP contribution in [0, 0.1) is 11.3 Å². The molecule has 0 aromatic rings. The first-order chi connectivity index (χ1) is 11.1. The molecule has 0 saturated carbocycles. The van der Waals surface area contributed by atoms with Crippen molar-refractivity contribution in [1.82, 2.24) is 5.32 Å². The van der Waals surface area contributed by atoms with E-state index in [0.29, 0.717) is 38.4 Å². The Bertz CT molecular complexity index is 382. The predicted octanol–water partition coefficient (Wildman–Crippen LogP) is 3.70. The largest absolute Gasteiger partial charge is 0.465 e. The van der Waals surface area contributed by atoms with E-state index in [1.54, 1.807) is 0 Å². The Kier molecular flexibility index (Phi) is 10.9. The average molecular weight is 344 g/mol. The van der Waals surface area contributed by atoms with E-state index in [4.69, 9.17) is 9.47 Å². The van der Waals surface area contributed by atoms with Crippen LogP contribution in [0.4, 0.5) is 0 Å². The summed E-state index contributed by atoms with van der Waals surface area (Å²) in [6.45, 7) is 14.9. The summed E-state index contributed by atoms with van der Waals surface area (Å²) >= 11 is 0. The Balaban J connectivity index is 4.10. The number of hydrogen-bond donors (Lipinski definition) is 1. The second kappa shape index (κ2) is 11.5. The number of hydrogen-bond acceptors (Lipinski definition) is 4. The van der Waals surface area contributed by atoms with E-state index < -0.39 is 5.41 Å². The van der Waals surface area contributed by atoms with E-state index in [1.807, 2.05) is 48.5 Å². The lowest BCUT2D eigenvalue weighted by Crippen LogP contribution is -2.42. The Labute approximate surface area is 147 Å². The molecular formula is C19H37NO4. The first kappa shape index (κ1) is 22.9. The molecule has 0 aromatic heterocycles. The molecule has 0 fully saturated rings. The molecule has 0 spiro atoms. The zero-order valence-corrected chi connectivity index (χ0v) is 16.6. The van der Waals surface area contributed by atoms with Crippen molar-refractivity contribution in [2.75, 3.05) is 13.2 Å². The smallest absolute Gasteiger partial charge is 0.305 e. The van der Waals surface area contributed by atoms with Crippen molar-refractivity contribution in [3.05, 3.63) is 0 Å². The molecule has 1 N–H and O–H groups in total. The van der Waals surface area contributed by atoms with Gasteiger partial charge in [0.15, 0.2) is 0 Å². The van der Waals surface area contributed by atoms with Gasteiger partial charge < -0.3 is 14.8 Å². The van der Waals surface area contributed by atoms with Crippen molar-refractivity contribution >= 4 is 11.9 Å². The van der Waals surface area contributed by atoms with Crippen LogP contribution in [0.1, 0.15) is 74.1 Å². The van der Waals surface area contributed by atoms with Gasteiger partial charge in [-0.15, -0.1) is 0 Å². The van der Waals surface area contributed by atoms with Gasteiger partial charge >= 0.3 is 5.97 Å². The minimum atomic E-state index is -0.416. The molecule has 142 valence electrons. The molecule has 0 aliphatic carbocycles. The molecular weight excluding hydrogens is 306 g/mol. The number of esters is 1. The predicted molar refractivity (Wildman–Crippen MR) is 96.7 cm³/mol. The zero-order chi connectivity index (χ0) is 18.8. The second-order valence-corrected chi connectivity index (χ2v) is 7.59. The summed E-state index contributed by atoms with van der Waals surface area (Å²) in [6, 6.07) is 0.139. The molecule has 2 atom stereocenters. The molecule has 0 aliphatic heterocycles. The molecule has 24 heavy (non-hydrogen) atoms. The maximum atomic E-state index is 12.3. The van der Waals surface area contributed by atoms with Crippen LogP contribution >= 0.6 is 0 Å². The summed E-state index contributed by atoms with van der Waals surface area (Å²) in [6.07, 6.45) is 2.42. The molecule has 0 aliphatic rings. The summed E-state index contributed by atoms with van der Waals surface area (Å²) in [7, 11) is 0. The summed E-state index contributed by atoms with van der Waals surface area (Å²) in [4.78, 5) is 23.9. The normalized spacial score (nSPS) is 15.2. The summed E-state index contributed by atoms with van der Waals surface area (Å²) < 4.78 is 10.9. The van der Waals surface area contributed by atoms with Crippen LogP contribution < -0.4 is 5.32 Å². The topological polar surface area (TPSA) is 64.6 Å². The molecule has 0 bridgehead atoms. The van der Waals surface area contributed by atoms with Gasteiger partial charge in [0.1, 0.15) is 0 Å². The van der Waals surface area contributed by atoms with Crippen molar-refractivity contribution in [3.63, 3.8) is 0 Å². The van der Waals surface area contributed by atoms with Crippen molar-refractivity contribution in [3.8, 4) is 0 Å². The Morgan fingerprint density at radius 3 is 2.25 bits per heavy atom. The molecule has 2 unspecified atom stereocenters. The highest BCUT2D eigenvalue weighted by atomic mass is 16.5. The van der Waals surface area contributed by atoms with Gasteiger partial charge in [0.2, 0.25) is 5.91 Å². The second-order valence-electron chi connectivity index (χ2n) is 7.59. The van der Waals surface area contributed by atoms with Gasteiger partial charge in [0, 0.05) is 24.5 Å². The van der Waals surface area contributed by atoms with Crippen LogP contribution in [-0.2, 0) is 19.1 Å². The molecule has 5 heteroatoms. The Morgan fingerprint density at radius 2 is 1.75 bits per heavy atom. The van der Waals surface area contributed by atoms with Crippen LogP contribution in [-0.4, -0.2) is 37.2 Å². The quantitative estimate of drug-likeness (QED) is 0.549. The van der Waals surface area contributed by atoms with Crippen molar-refractivity contribution in [2.24, 2.45) is 11.3 Å². The molecule has 0 aromatic carbocycles. The number of amides is 1. The summed E-state index contributed by atoms with van der Waals surface area (Å²) in [5.74, 6) is 0.258. The third-order valence-corrected chi connectivity index (χ3v) is 4.14. The van der Waals surface area contributed by atoms with E-state index in [9.17, 15) is 9.59 Å². The maximum absolute atomic E-state index is 12.3. The van der Waals surface area contributed by atoms with Gasteiger partial charge in [-0.2, -0.15) is 0 Å². The maximum Gasteiger partial charge on any atom is 0.305 e. The van der Waals surface area contributed by atoms with Gasteiger partial charge in [0.05, 0.1) is 12.7 Å². The molecule has 5 nitrogen and oxygen atoms in total. The number of rotatable bonds is 12. The highest BCUT2D eigenvalue weighted by Gasteiger charge is 2.31. The average Bonchev–Trinajstić information content (AvgIpc) is 2.49. The van der Waals surface area contributed by atoms with Gasteiger partial charge in [0.25, 0.3) is 0 Å². The standard InChI is InChI=1S/C19H37NO4/c1-8-19(7,18(22)20-15(4)5)11-12-23-16(6)9-10-17(21)24-13-14(2)3/h14-16H,8-13H2,1-7H3,(H,20,22). The summed E-state index contributed by atoms with van der Waals surface area (Å²) in [5, 5.41) is 2.98. The van der Waals surface area contributed by atoms with E-state index >= 15 is 0 Å². The fourth-order valence-corrected chi connectivity index (χ4v) is 2.11. The minimum absolute atomic E-state index is 0.0223. The van der Waals surface area contributed by atoms with E-state index in [2.05, 4.69) is 5.32 Å². The van der Waals surface area contributed by atoms with Crippen LogP contribution in [0.25, 0.3) is 0 Å². The fraction of sp³-hybridized carbons (Fsp3) is 0.895. The first-order valence-electron chi connectivity index (χ1n) is 9.19. The molecule has 0 saturated heterocycles. The summed E-state index contributed by atoms with van der Waals surface area (Å²) in [5.41, 5.74) is -0.416. The lowest BCUT2D eigenvalue weighted by atomic mass is 9.83. The number of carbonyl (C=O) groups excluding carboxylic acids is 2. The Morgan fingerprint density at radius 1 is 1.12 bits per heavy atom. The number of nitrogens with one attached hydrogen (secondary N) is 1. The fourth-order valence-electron chi connectivity index (χ4n) is 2.11. The van der Waals surface area contributed by atoms with E-state index in [1.165, 1.54) is 0 Å². The van der Waals surface area contributed by atoms with Crippen molar-refractivity contribution in [2.45, 2.75) is 86.3 Å². The minimum Gasteiger partial charge on any atom is -0.465 e. The lowest BCUT2D eigenvalue weighted by Gasteiger charge is -2.28. The molecule has 0 rings (SSSR count).